The van der Waals surface area contributed by atoms with Gasteiger partial charge in [0.05, 0.1) is 12.1 Å². The van der Waals surface area contributed by atoms with Gasteiger partial charge in [0.25, 0.3) is 0 Å². The Morgan fingerprint density at radius 1 is 1.44 bits per heavy atom. The largest absolute Gasteiger partial charge is 0.330 e. The molecule has 1 aromatic rings. The summed E-state index contributed by atoms with van der Waals surface area (Å²) in [5.74, 6) is 0.609. The van der Waals surface area contributed by atoms with Crippen molar-refractivity contribution < 1.29 is 0 Å². The molecule has 2 N–H and O–H groups in total. The quantitative estimate of drug-likeness (QED) is 0.755. The number of nitrogens with zero attached hydrogens (tertiary/aromatic N) is 4. The van der Waals surface area contributed by atoms with E-state index in [9.17, 15) is 0 Å². The summed E-state index contributed by atoms with van der Waals surface area (Å²) < 4.78 is 0. The summed E-state index contributed by atoms with van der Waals surface area (Å²) in [6, 6.07) is 7.55. The minimum absolute atomic E-state index is 0.0900. The lowest BCUT2D eigenvalue weighted by Crippen LogP contribution is -2.25. The number of nitrogens with two attached hydrogens (primary N) is 1. The second-order valence-corrected chi connectivity index (χ2v) is 3.41. The van der Waals surface area contributed by atoms with Crippen LogP contribution < -0.4 is 10.6 Å². The first-order valence-corrected chi connectivity index (χ1v) is 4.89. The van der Waals surface area contributed by atoms with Crippen LogP contribution in [0.15, 0.2) is 18.3 Å². The predicted molar refractivity (Wildman–Crippen MR) is 60.3 cm³/mol. The molecule has 0 aliphatic heterocycles. The molecule has 0 spiro atoms. The van der Waals surface area contributed by atoms with E-state index in [1.54, 1.807) is 17.2 Å². The number of hydrogen-bond acceptors (Lipinski definition) is 5. The number of aromatic nitrogens is 1. The monoisotopic (exact) mass is 215 g/mol. The zero-order valence-corrected chi connectivity index (χ0v) is 9.09. The zero-order chi connectivity index (χ0) is 12.0. The standard InChI is InChI=1S/C11H13N5/c1-9(14)10-2-5-15-11(8-10)16(6-3-12)7-4-13/h2,5,8-9H,6-7,14H2,1H3/t9-/m0/s1. The fourth-order valence-corrected chi connectivity index (χ4v) is 1.28. The highest BCUT2D eigenvalue weighted by Gasteiger charge is 2.08. The number of nitriles is 2. The van der Waals surface area contributed by atoms with Gasteiger partial charge < -0.3 is 10.6 Å². The topological polar surface area (TPSA) is 89.7 Å². The SMILES string of the molecule is C[C@H](N)c1ccnc(N(CC#N)CC#N)c1. The Hall–Kier alpha value is -2.11. The van der Waals surface area contributed by atoms with E-state index < -0.39 is 0 Å². The van der Waals surface area contributed by atoms with Crippen molar-refractivity contribution >= 4 is 5.82 Å². The van der Waals surface area contributed by atoms with Gasteiger partial charge >= 0.3 is 0 Å². The van der Waals surface area contributed by atoms with Crippen molar-refractivity contribution in [3.8, 4) is 12.1 Å². The third-order valence-electron chi connectivity index (χ3n) is 2.14. The maximum atomic E-state index is 8.65. The molecule has 1 atom stereocenters. The molecule has 1 heterocycles. The Kier molecular flexibility index (Phi) is 4.26. The fraction of sp³-hybridized carbons (Fsp3) is 0.364. The average molecular weight is 215 g/mol. The molecule has 0 radical (unpaired) electrons. The Balaban J connectivity index is 2.97. The van der Waals surface area contributed by atoms with Gasteiger partial charge in [0, 0.05) is 12.2 Å². The van der Waals surface area contributed by atoms with E-state index in [0.717, 1.165) is 5.56 Å². The molecule has 5 heteroatoms. The molecule has 1 aromatic heterocycles. The van der Waals surface area contributed by atoms with Crippen molar-refractivity contribution in [1.82, 2.24) is 4.98 Å². The Morgan fingerprint density at radius 3 is 2.56 bits per heavy atom. The smallest absolute Gasteiger partial charge is 0.130 e. The summed E-state index contributed by atoms with van der Waals surface area (Å²) in [4.78, 5) is 5.73. The summed E-state index contributed by atoms with van der Waals surface area (Å²) in [7, 11) is 0. The minimum Gasteiger partial charge on any atom is -0.330 e. The van der Waals surface area contributed by atoms with E-state index in [1.165, 1.54) is 0 Å². The predicted octanol–water partition coefficient (Wildman–Crippen LogP) is 0.955. The normalized spacial score (nSPS) is 11.2. The molecule has 0 aliphatic rings. The van der Waals surface area contributed by atoms with Gasteiger partial charge in [0.1, 0.15) is 18.9 Å². The lowest BCUT2D eigenvalue weighted by atomic mass is 10.1. The lowest BCUT2D eigenvalue weighted by molar-refractivity contribution is 0.811. The molecule has 0 amide bonds. The molecule has 0 fully saturated rings. The average Bonchev–Trinajstić information content (AvgIpc) is 2.29. The van der Waals surface area contributed by atoms with Crippen LogP contribution in [0.5, 0.6) is 0 Å². The first kappa shape index (κ1) is 12.0. The second-order valence-electron chi connectivity index (χ2n) is 3.41. The van der Waals surface area contributed by atoms with Gasteiger partial charge in [-0.2, -0.15) is 10.5 Å². The molecule has 0 unspecified atom stereocenters. The van der Waals surface area contributed by atoms with Gasteiger partial charge in [-0.15, -0.1) is 0 Å². The second kappa shape index (κ2) is 5.69. The number of rotatable bonds is 4. The molecule has 0 bridgehead atoms. The van der Waals surface area contributed by atoms with E-state index >= 15 is 0 Å². The van der Waals surface area contributed by atoms with Crippen LogP contribution in [0.4, 0.5) is 5.82 Å². The van der Waals surface area contributed by atoms with Crippen LogP contribution in [0.2, 0.25) is 0 Å². The van der Waals surface area contributed by atoms with E-state index in [4.69, 9.17) is 16.3 Å². The third kappa shape index (κ3) is 2.94. The van der Waals surface area contributed by atoms with Crippen LogP contribution in [0.25, 0.3) is 0 Å². The molecule has 82 valence electrons. The van der Waals surface area contributed by atoms with Gasteiger partial charge in [0.15, 0.2) is 0 Å². The van der Waals surface area contributed by atoms with Crippen molar-refractivity contribution in [2.45, 2.75) is 13.0 Å². The molecule has 0 saturated heterocycles. The van der Waals surface area contributed by atoms with Gasteiger partial charge in [-0.3, -0.25) is 0 Å². The summed E-state index contributed by atoms with van der Waals surface area (Å²) in [5, 5.41) is 17.3. The van der Waals surface area contributed by atoms with Crippen LogP contribution in [-0.4, -0.2) is 18.1 Å². The van der Waals surface area contributed by atoms with Gasteiger partial charge in [-0.05, 0) is 24.6 Å². The first-order chi connectivity index (χ1) is 7.69. The molecular formula is C11H13N5. The van der Waals surface area contributed by atoms with Crippen molar-refractivity contribution in [3.63, 3.8) is 0 Å². The zero-order valence-electron chi connectivity index (χ0n) is 9.09. The third-order valence-corrected chi connectivity index (χ3v) is 2.14. The Labute approximate surface area is 94.7 Å². The summed E-state index contributed by atoms with van der Waals surface area (Å²) in [5.41, 5.74) is 6.69. The Bertz CT molecular complexity index is 411. The molecule has 5 nitrogen and oxygen atoms in total. The maximum absolute atomic E-state index is 8.65. The molecule has 16 heavy (non-hydrogen) atoms. The van der Waals surface area contributed by atoms with Gasteiger partial charge in [0.2, 0.25) is 0 Å². The fourth-order valence-electron chi connectivity index (χ4n) is 1.28. The highest BCUT2D eigenvalue weighted by atomic mass is 15.2. The molecule has 0 saturated carbocycles. The van der Waals surface area contributed by atoms with Gasteiger partial charge in [-0.25, -0.2) is 4.98 Å². The van der Waals surface area contributed by atoms with Crippen LogP contribution >= 0.6 is 0 Å². The van der Waals surface area contributed by atoms with Crippen molar-refractivity contribution in [2.24, 2.45) is 5.73 Å². The summed E-state index contributed by atoms with van der Waals surface area (Å²) >= 11 is 0. The van der Waals surface area contributed by atoms with Crippen molar-refractivity contribution in [1.29, 1.82) is 10.5 Å². The Morgan fingerprint density at radius 2 is 2.06 bits per heavy atom. The summed E-state index contributed by atoms with van der Waals surface area (Å²) in [6.45, 7) is 2.16. The number of anilines is 1. The van der Waals surface area contributed by atoms with Gasteiger partial charge in [-0.1, -0.05) is 0 Å². The molecule has 0 aromatic carbocycles. The van der Waals surface area contributed by atoms with E-state index in [0.29, 0.717) is 5.82 Å². The van der Waals surface area contributed by atoms with E-state index in [1.807, 2.05) is 25.1 Å². The van der Waals surface area contributed by atoms with Crippen molar-refractivity contribution in [2.75, 3.05) is 18.0 Å². The minimum atomic E-state index is -0.0900. The van der Waals surface area contributed by atoms with Crippen LogP contribution in [-0.2, 0) is 0 Å². The molecular weight excluding hydrogens is 202 g/mol. The highest BCUT2D eigenvalue weighted by molar-refractivity contribution is 5.43. The van der Waals surface area contributed by atoms with E-state index in [-0.39, 0.29) is 19.1 Å². The summed E-state index contributed by atoms with van der Waals surface area (Å²) in [6.07, 6.45) is 1.63. The maximum Gasteiger partial charge on any atom is 0.130 e. The first-order valence-electron chi connectivity index (χ1n) is 4.89. The van der Waals surface area contributed by atoms with Crippen LogP contribution in [0, 0.1) is 22.7 Å². The van der Waals surface area contributed by atoms with E-state index in [2.05, 4.69) is 4.98 Å². The number of pyridine rings is 1. The lowest BCUT2D eigenvalue weighted by Gasteiger charge is -2.18. The highest BCUT2D eigenvalue weighted by Crippen LogP contribution is 2.16. The van der Waals surface area contributed by atoms with Crippen LogP contribution in [0.1, 0.15) is 18.5 Å². The van der Waals surface area contributed by atoms with Crippen molar-refractivity contribution in [3.05, 3.63) is 23.9 Å². The molecule has 1 rings (SSSR count). The molecule has 0 aliphatic carbocycles. The van der Waals surface area contributed by atoms with Crippen LogP contribution in [0.3, 0.4) is 0 Å². The number of hydrogen-bond donors (Lipinski definition) is 1.